The number of nitrogens with zero attached hydrogens (tertiary/aromatic N) is 2. The number of amides is 4. The van der Waals surface area contributed by atoms with Crippen LogP contribution in [0.2, 0.25) is 0 Å². The quantitative estimate of drug-likeness (QED) is 0.0887. The Hall–Kier alpha value is -3.92. The van der Waals surface area contributed by atoms with Gasteiger partial charge in [0, 0.05) is 19.5 Å². The minimum atomic E-state index is -3.86. The number of aryl methyl sites for hydroxylation is 1. The Morgan fingerprint density at radius 3 is 2.46 bits per heavy atom. The monoisotopic (exact) mass is 814 g/mol. The van der Waals surface area contributed by atoms with Gasteiger partial charge >= 0.3 is 6.09 Å². The zero-order chi connectivity index (χ0) is 40.1. The highest BCUT2D eigenvalue weighted by Crippen LogP contribution is 2.42. The second-order valence-electron chi connectivity index (χ2n) is 15.9. The Morgan fingerprint density at radius 2 is 1.71 bits per heavy atom. The Kier molecular flexibility index (Phi) is 15.8. The van der Waals surface area contributed by atoms with Crippen molar-refractivity contribution in [3.63, 3.8) is 0 Å². The number of sulfonamides is 1. The van der Waals surface area contributed by atoms with E-state index in [1.807, 2.05) is 30.3 Å². The number of nitrogens with one attached hydrogen (secondary N) is 4. The average molecular weight is 815 g/mol. The van der Waals surface area contributed by atoms with Gasteiger partial charge in [-0.15, -0.1) is 0 Å². The molecule has 2 aliphatic carbocycles. The van der Waals surface area contributed by atoms with Crippen LogP contribution in [0.25, 0.3) is 11.0 Å². The molecule has 3 atom stereocenters. The summed E-state index contributed by atoms with van der Waals surface area (Å²) in [6.07, 6.45) is 19.8. The topological polar surface area (TPSA) is 197 Å². The van der Waals surface area contributed by atoms with Crippen molar-refractivity contribution >= 4 is 57.8 Å². The van der Waals surface area contributed by atoms with Gasteiger partial charge in [0.25, 0.3) is 11.5 Å². The number of hydrogen-bond donors (Lipinski definition) is 5. The van der Waals surface area contributed by atoms with E-state index in [0.29, 0.717) is 50.8 Å². The molecular weight excluding hydrogens is 757 g/mol. The van der Waals surface area contributed by atoms with Crippen LogP contribution in [-0.4, -0.2) is 76.5 Å². The predicted octanol–water partition coefficient (Wildman–Crippen LogP) is 5.53. The van der Waals surface area contributed by atoms with E-state index in [4.69, 9.17) is 0 Å². The fourth-order valence-electron chi connectivity index (χ4n) is 7.78. The highest BCUT2D eigenvalue weighted by molar-refractivity contribution is 7.91. The number of aromatic nitrogens is 2. The molecule has 1 aromatic carbocycles. The minimum Gasteiger partial charge on any atom is -0.378 e. The number of carbonyl (C=O) groups excluding carboxylic acids is 4. The van der Waals surface area contributed by atoms with E-state index in [9.17, 15) is 32.4 Å². The van der Waals surface area contributed by atoms with Gasteiger partial charge in [-0.1, -0.05) is 82.1 Å². The lowest BCUT2D eigenvalue weighted by molar-refractivity contribution is -0.140. The molecule has 4 N–H and O–H groups in total. The summed E-state index contributed by atoms with van der Waals surface area (Å²) in [6.45, 7) is 1.90. The standard InChI is InChI=1S/C22H34N4O7S2.C18H24N2O/c1-22(12-13-22)35(31,32)25-18(27)15-9-6-4-2-3-5-7-10-16(24-21(30)33-34)20(29)26-14-8-11-17(26)19(28)23-15;21-18-17(19-15-11-6-7-12-16(15)20-18)13-3-1-2-8-14-9-4-5-10-14/h4,6,15-17,34H,2-3,5,7-14H2,1H3,(H,23,28)(H,24,30)(H,25,27);6-7,11-12,14H,1-5,8-10,13H2,(H,20,21)/b6-4-;/t15?,16-,17?;/m0./s1. The number of rotatable bonds is 10. The largest absolute Gasteiger partial charge is 0.419 e. The summed E-state index contributed by atoms with van der Waals surface area (Å²) in [4.78, 5) is 71.9. The van der Waals surface area contributed by atoms with Crippen molar-refractivity contribution < 1.29 is 31.8 Å². The van der Waals surface area contributed by atoms with E-state index in [1.54, 1.807) is 13.0 Å². The van der Waals surface area contributed by atoms with Crippen molar-refractivity contribution in [1.29, 1.82) is 0 Å². The van der Waals surface area contributed by atoms with E-state index in [-0.39, 0.29) is 12.0 Å². The van der Waals surface area contributed by atoms with Gasteiger partial charge in [-0.05, 0) is 89.2 Å². The summed E-state index contributed by atoms with van der Waals surface area (Å²) in [7, 11) is -3.86. The van der Waals surface area contributed by atoms with Gasteiger partial charge in [-0.2, -0.15) is 0 Å². The fourth-order valence-corrected chi connectivity index (χ4v) is 9.12. The number of para-hydroxylation sites is 2. The van der Waals surface area contributed by atoms with E-state index < -0.39 is 56.7 Å². The maximum absolute atomic E-state index is 13.3. The number of carbonyl (C=O) groups is 4. The summed E-state index contributed by atoms with van der Waals surface area (Å²) in [5.41, 5.74) is 2.38. The first-order chi connectivity index (χ1) is 26.9. The average Bonchev–Trinajstić information content (AvgIpc) is 3.51. The number of hydrogen-bond acceptors (Lipinski definition) is 10. The van der Waals surface area contributed by atoms with E-state index in [2.05, 4.69) is 42.4 Å². The molecular formula is C40H58N6O8S2. The van der Waals surface area contributed by atoms with Crippen molar-refractivity contribution in [3.05, 3.63) is 52.5 Å². The molecule has 3 heterocycles. The molecule has 4 amide bonds. The Morgan fingerprint density at radius 1 is 0.964 bits per heavy atom. The molecule has 16 heteroatoms. The van der Waals surface area contributed by atoms with Gasteiger partial charge in [0.05, 0.1) is 15.8 Å². The zero-order valence-corrected chi connectivity index (χ0v) is 34.1. The molecule has 2 unspecified atom stereocenters. The molecule has 308 valence electrons. The molecule has 14 nitrogen and oxygen atoms in total. The van der Waals surface area contributed by atoms with Crippen molar-refractivity contribution in [2.75, 3.05) is 6.54 Å². The molecule has 4 aliphatic rings. The Labute approximate surface area is 335 Å². The van der Waals surface area contributed by atoms with Gasteiger partial charge in [0.1, 0.15) is 23.8 Å². The molecule has 0 bridgehead atoms. The van der Waals surface area contributed by atoms with Gasteiger partial charge in [-0.3, -0.25) is 23.9 Å². The number of benzene rings is 1. The number of aromatic amines is 1. The van der Waals surface area contributed by atoms with Crippen LogP contribution in [0.4, 0.5) is 4.79 Å². The van der Waals surface area contributed by atoms with Crippen LogP contribution in [0, 0.1) is 5.92 Å². The van der Waals surface area contributed by atoms with Crippen LogP contribution in [-0.2, 0) is 35.0 Å². The number of thiol groups is 1. The molecule has 0 spiro atoms. The zero-order valence-electron chi connectivity index (χ0n) is 32.4. The SMILES string of the molecule is CC1(S(=O)(=O)NC(=O)C2C/C=C\CCCCC[C@H](NC(=O)OS)C(=O)N3CCCC3C(=O)N2)CC1.O=c1[nH]c2ccccc2nc1CCCCCC1CCCC1. The molecule has 56 heavy (non-hydrogen) atoms. The fraction of sp³-hybridized carbons (Fsp3) is 0.650. The summed E-state index contributed by atoms with van der Waals surface area (Å²) < 4.78 is 30.6. The van der Waals surface area contributed by atoms with E-state index in [0.717, 1.165) is 49.1 Å². The normalized spacial score (nSPS) is 23.8. The smallest absolute Gasteiger partial charge is 0.378 e. The lowest BCUT2D eigenvalue weighted by Gasteiger charge is -2.29. The van der Waals surface area contributed by atoms with Crippen molar-refractivity contribution in [1.82, 2.24) is 30.2 Å². The van der Waals surface area contributed by atoms with Gasteiger partial charge in [0.15, 0.2) is 0 Å². The van der Waals surface area contributed by atoms with Crippen LogP contribution in [0.3, 0.4) is 0 Å². The van der Waals surface area contributed by atoms with Crippen LogP contribution in [0.15, 0.2) is 41.2 Å². The van der Waals surface area contributed by atoms with Crippen LogP contribution >= 0.6 is 12.9 Å². The maximum atomic E-state index is 13.3. The third-order valence-corrected chi connectivity index (χ3v) is 13.9. The maximum Gasteiger partial charge on any atom is 0.419 e. The van der Waals surface area contributed by atoms with Crippen LogP contribution in [0.5, 0.6) is 0 Å². The molecule has 6 rings (SSSR count). The first-order valence-electron chi connectivity index (χ1n) is 20.3. The molecule has 0 radical (unpaired) electrons. The van der Waals surface area contributed by atoms with Gasteiger partial charge in [0.2, 0.25) is 21.8 Å². The second-order valence-corrected chi connectivity index (χ2v) is 18.3. The number of unbranched alkanes of at least 4 members (excludes halogenated alkanes) is 2. The minimum absolute atomic E-state index is 0.0236. The molecule has 1 aromatic heterocycles. The summed E-state index contributed by atoms with van der Waals surface area (Å²) in [6, 6.07) is 4.92. The number of fused-ring (bicyclic) bond motifs is 2. The first kappa shape index (κ1) is 43.2. The Balaban J connectivity index is 0.000000242. The lowest BCUT2D eigenvalue weighted by Crippen LogP contribution is -2.56. The third-order valence-electron chi connectivity index (χ3n) is 11.6. The predicted molar refractivity (Wildman–Crippen MR) is 217 cm³/mol. The lowest BCUT2D eigenvalue weighted by atomic mass is 9.99. The number of allylic oxidation sites excluding steroid dienone is 1. The highest BCUT2D eigenvalue weighted by atomic mass is 32.2. The Bertz CT molecular complexity index is 1870. The summed E-state index contributed by atoms with van der Waals surface area (Å²) in [5.74, 6) is -0.760. The summed E-state index contributed by atoms with van der Waals surface area (Å²) >= 11 is 3.48. The molecule has 2 saturated carbocycles. The third kappa shape index (κ3) is 12.0. The summed E-state index contributed by atoms with van der Waals surface area (Å²) in [5, 5.41) is 5.16. The van der Waals surface area contributed by atoms with E-state index in [1.165, 1.54) is 49.8 Å². The molecule has 2 aliphatic heterocycles. The van der Waals surface area contributed by atoms with Crippen molar-refractivity contribution in [2.45, 2.75) is 152 Å². The highest BCUT2D eigenvalue weighted by Gasteiger charge is 2.51. The van der Waals surface area contributed by atoms with Crippen molar-refractivity contribution in [2.24, 2.45) is 5.92 Å². The van der Waals surface area contributed by atoms with Crippen LogP contribution in [0.1, 0.15) is 128 Å². The van der Waals surface area contributed by atoms with E-state index >= 15 is 0 Å². The second kappa shape index (κ2) is 20.5. The number of H-pyrrole nitrogens is 1. The van der Waals surface area contributed by atoms with Crippen molar-refractivity contribution in [3.8, 4) is 0 Å². The van der Waals surface area contributed by atoms with Gasteiger partial charge in [-0.25, -0.2) is 18.2 Å². The van der Waals surface area contributed by atoms with Gasteiger partial charge < -0.3 is 24.7 Å². The van der Waals surface area contributed by atoms with Crippen LogP contribution < -0.4 is 20.9 Å². The molecule has 2 aromatic rings. The molecule has 1 saturated heterocycles. The molecule has 3 fully saturated rings. The first-order valence-corrected chi connectivity index (χ1v) is 22.2.